The van der Waals surface area contributed by atoms with Gasteiger partial charge in [0.25, 0.3) is 0 Å². The SMILES string of the molecule is CCCCCCCCCCCCC(CCCCCCCCCC)CN1C(=O)C2=C(c3ccc(-c4ccc(/C=C/c5ccc(C)[se]5)[se]4)s3)N(CC(CCCCCCCCCC)CCCCCCCCCCCC)C(=O)C2=C1c1ccc(C)s1. The number of hydrogen-bond acceptors (Lipinski definition) is 4. The first-order chi connectivity index (χ1) is 40.3. The van der Waals surface area contributed by atoms with Gasteiger partial charge in [-0.1, -0.05) is 207 Å². The van der Waals surface area contributed by atoms with E-state index in [2.05, 4.69) is 112 Å². The van der Waals surface area contributed by atoms with Crippen molar-refractivity contribution in [1.82, 2.24) is 9.80 Å². The molecule has 0 aliphatic carbocycles. The Balaban J connectivity index is 1.30. The van der Waals surface area contributed by atoms with Crippen LogP contribution in [0.15, 0.2) is 59.7 Å². The number of fused-ring (bicyclic) bond motifs is 1. The van der Waals surface area contributed by atoms with Crippen LogP contribution >= 0.6 is 22.7 Å². The second-order valence-corrected chi connectivity index (χ2v) is 32.5. The van der Waals surface area contributed by atoms with Crippen molar-refractivity contribution in [2.45, 2.75) is 298 Å². The van der Waals surface area contributed by atoms with Crippen LogP contribution in [-0.2, 0) is 9.59 Å². The first-order valence-corrected chi connectivity index (χ1v) is 39.5. The van der Waals surface area contributed by atoms with Crippen molar-refractivity contribution >= 4 is 87.0 Å². The fraction of sp³-hybridized carbons (Fsp3) is 0.676. The molecule has 456 valence electrons. The predicted octanol–water partition coefficient (Wildman–Crippen LogP) is 23.1. The van der Waals surface area contributed by atoms with Crippen LogP contribution in [0.2, 0.25) is 0 Å². The average Bonchev–Trinajstić information content (AvgIpc) is 4.47. The van der Waals surface area contributed by atoms with Gasteiger partial charge in [-0.15, -0.1) is 0 Å². The van der Waals surface area contributed by atoms with Crippen molar-refractivity contribution in [2.75, 3.05) is 13.1 Å². The molecule has 4 nitrogen and oxygen atoms in total. The van der Waals surface area contributed by atoms with Gasteiger partial charge in [-0.3, -0.25) is 0 Å². The summed E-state index contributed by atoms with van der Waals surface area (Å²) < 4.78 is 5.71. The molecule has 82 heavy (non-hydrogen) atoms. The molecule has 2 aliphatic rings. The van der Waals surface area contributed by atoms with E-state index in [4.69, 9.17) is 0 Å². The number of thiophene rings is 2. The number of carbonyl (C=O) groups excluding carboxylic acids is 2. The van der Waals surface area contributed by atoms with Crippen LogP contribution in [0.3, 0.4) is 0 Å². The molecular weight excluding hydrogens is 1170 g/mol. The molecule has 0 spiro atoms. The Morgan fingerprint density at radius 2 is 0.707 bits per heavy atom. The van der Waals surface area contributed by atoms with E-state index >= 15 is 9.59 Å². The van der Waals surface area contributed by atoms with Gasteiger partial charge in [-0.25, -0.2) is 0 Å². The summed E-state index contributed by atoms with van der Waals surface area (Å²) in [5.74, 6) is 0.952. The maximum atomic E-state index is 16.0. The minimum atomic E-state index is 0.0705. The molecule has 4 aromatic heterocycles. The van der Waals surface area contributed by atoms with Crippen LogP contribution < -0.4 is 0 Å². The Bertz CT molecular complexity index is 2480. The summed E-state index contributed by atoms with van der Waals surface area (Å²) in [6, 6.07) is 18.2. The molecule has 0 saturated heterocycles. The summed E-state index contributed by atoms with van der Waals surface area (Å²) in [6.07, 6.45) is 57.0. The minimum absolute atomic E-state index is 0.0705. The molecule has 0 saturated carbocycles. The zero-order valence-corrected chi connectivity index (χ0v) is 58.0. The van der Waals surface area contributed by atoms with E-state index in [1.165, 1.54) is 259 Å². The topological polar surface area (TPSA) is 40.6 Å². The number of aryl methyl sites for hydroxylation is 2. The quantitative estimate of drug-likeness (QED) is 0.0327. The summed E-state index contributed by atoms with van der Waals surface area (Å²) in [5, 5.41) is 0. The monoisotopic (exact) mass is 1290 g/mol. The Hall–Kier alpha value is -2.44. The molecule has 8 heteroatoms. The number of nitrogens with zero attached hydrogens (tertiary/aromatic N) is 2. The zero-order chi connectivity index (χ0) is 58.0. The van der Waals surface area contributed by atoms with E-state index in [0.29, 0.717) is 50.6 Å². The number of hydrogen-bond donors (Lipinski definition) is 0. The molecule has 2 amide bonds. The molecule has 0 bridgehead atoms. The van der Waals surface area contributed by atoms with Crippen LogP contribution in [0.4, 0.5) is 0 Å². The number of amides is 2. The zero-order valence-electron chi connectivity index (χ0n) is 53.0. The standard InChI is InChI=1S/C74H114N2O2S2Se2/c1-7-11-15-19-23-27-29-33-37-41-44-61(43-39-35-31-25-21-17-13-9-3)57-75-71(66-53-47-59(5)79-66)69-70(74(75)78)72(67-55-54-65(80-67)68-56-52-64(82-68)51-50-63-49-48-60(6)81-63)76(73(69)77)58-62(45-40-36-32-26-22-18-14-10-4)46-42-38-34-30-28-24-20-16-12-8-2/h47-56,61-62H,7-46,57-58H2,1-6H3/b51-50+. The molecule has 0 aromatic carbocycles. The molecular formula is C74H114N2O2S2Se2. The fourth-order valence-corrected chi connectivity index (χ4v) is 18.6. The first-order valence-electron chi connectivity index (χ1n) is 34.4. The van der Waals surface area contributed by atoms with Crippen molar-refractivity contribution in [3.05, 3.63) is 87.6 Å². The molecule has 2 unspecified atom stereocenters. The molecule has 0 radical (unpaired) electrons. The molecule has 6 rings (SSSR count). The molecule has 2 atom stereocenters. The van der Waals surface area contributed by atoms with E-state index in [1.807, 2.05) is 11.3 Å². The third-order valence-electron chi connectivity index (χ3n) is 17.8. The Morgan fingerprint density at radius 1 is 0.378 bits per heavy atom. The summed E-state index contributed by atoms with van der Waals surface area (Å²) in [5.41, 5.74) is 3.20. The van der Waals surface area contributed by atoms with E-state index in [-0.39, 0.29) is 26.3 Å². The van der Waals surface area contributed by atoms with Gasteiger partial charge in [0.2, 0.25) is 0 Å². The molecule has 4 aromatic rings. The van der Waals surface area contributed by atoms with Gasteiger partial charge in [-0.05, 0) is 0 Å². The number of unbranched alkanes of at least 4 members (excludes halogenated alkanes) is 32. The van der Waals surface area contributed by atoms with E-state index in [0.717, 1.165) is 46.8 Å². The van der Waals surface area contributed by atoms with E-state index in [9.17, 15) is 0 Å². The van der Waals surface area contributed by atoms with Crippen molar-refractivity contribution in [2.24, 2.45) is 11.8 Å². The third-order valence-corrected chi connectivity index (χ3v) is 24.5. The second-order valence-electron chi connectivity index (χ2n) is 25.0. The van der Waals surface area contributed by atoms with E-state index in [1.54, 1.807) is 11.3 Å². The van der Waals surface area contributed by atoms with Gasteiger partial charge in [0.1, 0.15) is 0 Å². The summed E-state index contributed by atoms with van der Waals surface area (Å²) in [6.45, 7) is 15.0. The van der Waals surface area contributed by atoms with Crippen molar-refractivity contribution in [3.8, 4) is 9.31 Å². The number of rotatable bonds is 49. The molecule has 6 heterocycles. The summed E-state index contributed by atoms with van der Waals surface area (Å²) >= 11 is 4.21. The van der Waals surface area contributed by atoms with E-state index < -0.39 is 0 Å². The molecule has 0 N–H and O–H groups in total. The summed E-state index contributed by atoms with van der Waals surface area (Å²) in [4.78, 5) is 40.9. The van der Waals surface area contributed by atoms with Crippen LogP contribution in [0, 0.1) is 25.7 Å². The Morgan fingerprint density at radius 3 is 1.06 bits per heavy atom. The van der Waals surface area contributed by atoms with Crippen molar-refractivity contribution < 1.29 is 9.59 Å². The van der Waals surface area contributed by atoms with Gasteiger partial charge in [-0.2, -0.15) is 0 Å². The van der Waals surface area contributed by atoms with Gasteiger partial charge in [0, 0.05) is 0 Å². The average molecular weight is 1290 g/mol. The van der Waals surface area contributed by atoms with Crippen LogP contribution in [0.1, 0.15) is 312 Å². The normalized spacial score (nSPS) is 14.6. The number of carbonyl (C=O) groups is 2. The molecule has 0 fully saturated rings. The Labute approximate surface area is 522 Å². The van der Waals surface area contributed by atoms with Crippen LogP contribution in [0.5, 0.6) is 0 Å². The van der Waals surface area contributed by atoms with Gasteiger partial charge < -0.3 is 0 Å². The van der Waals surface area contributed by atoms with Crippen molar-refractivity contribution in [1.29, 1.82) is 0 Å². The first kappa shape index (κ1) is 68.7. The van der Waals surface area contributed by atoms with Gasteiger partial charge >= 0.3 is 319 Å². The third kappa shape index (κ3) is 23.7. The fourth-order valence-electron chi connectivity index (χ4n) is 12.8. The van der Waals surface area contributed by atoms with Crippen LogP contribution in [-0.4, -0.2) is 63.7 Å². The summed E-state index contributed by atoms with van der Waals surface area (Å²) in [7, 11) is 0. The second kappa shape index (κ2) is 40.8. The predicted molar refractivity (Wildman–Crippen MR) is 364 cm³/mol. The van der Waals surface area contributed by atoms with Crippen molar-refractivity contribution in [3.63, 3.8) is 0 Å². The maximum absolute atomic E-state index is 16.0. The van der Waals surface area contributed by atoms with Crippen LogP contribution in [0.25, 0.3) is 32.9 Å². The molecule has 2 aliphatic heterocycles. The van der Waals surface area contributed by atoms with Gasteiger partial charge in [0.15, 0.2) is 0 Å². The van der Waals surface area contributed by atoms with Gasteiger partial charge in [0.05, 0.1) is 0 Å². The Kier molecular flexibility index (Phi) is 34.2.